The van der Waals surface area contributed by atoms with E-state index < -0.39 is 55.3 Å². The van der Waals surface area contributed by atoms with Gasteiger partial charge in [0.2, 0.25) is 0 Å². The zero-order chi connectivity index (χ0) is 26.5. The molecule has 0 bridgehead atoms. The van der Waals surface area contributed by atoms with Crippen LogP contribution in [0.5, 0.6) is 5.75 Å². The fraction of sp³-hybridized carbons (Fsp3) is 0.655. The van der Waals surface area contributed by atoms with Crippen molar-refractivity contribution in [3.63, 3.8) is 0 Å². The van der Waals surface area contributed by atoms with Crippen LogP contribution in [0, 0.1) is 38.0 Å². The SMILES string of the molecule is COc1c(C(C)(C)C)cc(C)cc1[Si](C)(C)[C]1([Lu]([CH2][Si](C)(C)C)[CH2][Si](C)(C)C)C=C(C)C=C1C. The Bertz CT molecular complexity index is 955. The first-order valence-electron chi connectivity index (χ1n) is 12.6. The first-order chi connectivity index (χ1) is 15.2. The molecule has 1 aliphatic rings. The first-order valence-corrected chi connectivity index (χ1v) is 26.2. The zero-order valence-electron chi connectivity index (χ0n) is 24.9. The quantitative estimate of drug-likeness (QED) is 0.250. The Morgan fingerprint density at radius 3 is 1.71 bits per heavy atom. The van der Waals surface area contributed by atoms with Gasteiger partial charge in [-0.3, -0.25) is 0 Å². The van der Waals surface area contributed by atoms with Gasteiger partial charge in [0.25, 0.3) is 0 Å². The van der Waals surface area contributed by atoms with Gasteiger partial charge in [0.15, 0.2) is 0 Å². The van der Waals surface area contributed by atoms with Gasteiger partial charge in [-0.2, -0.15) is 0 Å². The third kappa shape index (κ3) is 6.44. The topological polar surface area (TPSA) is 9.23 Å². The van der Waals surface area contributed by atoms with Gasteiger partial charge in [-0.15, -0.1) is 0 Å². The number of aryl methyl sites for hydroxylation is 1. The monoisotopic (exact) mass is 676 g/mol. The van der Waals surface area contributed by atoms with Crippen LogP contribution in [0.3, 0.4) is 0 Å². The summed E-state index contributed by atoms with van der Waals surface area (Å²) in [7, 11) is -2.62. The van der Waals surface area contributed by atoms with Gasteiger partial charge in [-0.05, 0) is 0 Å². The summed E-state index contributed by atoms with van der Waals surface area (Å²) < 4.78 is 9.57. The number of rotatable bonds is 8. The van der Waals surface area contributed by atoms with E-state index in [1.54, 1.807) is 5.57 Å². The molecule has 0 saturated heterocycles. The second-order valence-electron chi connectivity index (χ2n) is 14.2. The maximum absolute atomic E-state index is 6.32. The predicted molar refractivity (Wildman–Crippen MR) is 160 cm³/mol. The van der Waals surface area contributed by atoms with E-state index in [2.05, 4.69) is 118 Å². The van der Waals surface area contributed by atoms with Gasteiger partial charge >= 0.3 is 230 Å². The summed E-state index contributed by atoms with van der Waals surface area (Å²) >= 11 is -0.807. The fourth-order valence-electron chi connectivity index (χ4n) is 5.01. The third-order valence-corrected chi connectivity index (χ3v) is 33.6. The van der Waals surface area contributed by atoms with Crippen molar-refractivity contribution in [1.29, 1.82) is 0 Å². The summed E-state index contributed by atoms with van der Waals surface area (Å²) in [5.74, 6) is 1.17. The van der Waals surface area contributed by atoms with E-state index in [4.69, 9.17) is 4.74 Å². The third-order valence-electron chi connectivity index (χ3n) is 6.19. The molecular weight excluding hydrogens is 624 g/mol. The normalized spacial score (nSPS) is 20.3. The van der Waals surface area contributed by atoms with E-state index in [-0.39, 0.29) is 6.67 Å². The number of hydrogen-bond donors (Lipinski definition) is 0. The van der Waals surface area contributed by atoms with Crippen molar-refractivity contribution in [3.05, 3.63) is 46.6 Å². The molecule has 0 N–H and O–H groups in total. The summed E-state index contributed by atoms with van der Waals surface area (Å²) in [5.41, 5.74) is 5.93. The fourth-order valence-corrected chi connectivity index (χ4v) is 36.9. The molecule has 0 aromatic heterocycles. The van der Waals surface area contributed by atoms with Crippen molar-refractivity contribution in [2.45, 2.75) is 105 Å². The Morgan fingerprint density at radius 1 is 0.853 bits per heavy atom. The molecule has 5 heteroatoms. The minimum absolute atomic E-state index is 0.0568. The molecule has 1 nitrogen and oxygen atoms in total. The second kappa shape index (κ2) is 10.3. The van der Waals surface area contributed by atoms with E-state index in [1.165, 1.54) is 32.2 Å². The van der Waals surface area contributed by atoms with Gasteiger partial charge in [0.05, 0.1) is 0 Å². The molecule has 1 unspecified atom stereocenters. The van der Waals surface area contributed by atoms with Crippen LogP contribution in [0.4, 0.5) is 0 Å². The molecule has 1 aromatic carbocycles. The Labute approximate surface area is 227 Å². The van der Waals surface area contributed by atoms with Crippen molar-refractivity contribution in [2.24, 2.45) is 0 Å². The van der Waals surface area contributed by atoms with Crippen molar-refractivity contribution >= 4 is 29.4 Å². The number of methoxy groups -OCH3 is 1. The average Bonchev–Trinajstić information content (AvgIpc) is 2.92. The number of hydrogen-bond acceptors (Lipinski definition) is 1. The Morgan fingerprint density at radius 2 is 1.35 bits per heavy atom. The van der Waals surface area contributed by atoms with E-state index in [9.17, 15) is 0 Å². The summed E-state index contributed by atoms with van der Waals surface area (Å²) in [6.45, 7) is 35.0. The number of benzene rings is 1. The van der Waals surface area contributed by atoms with Crippen LogP contribution in [-0.2, 0) is 5.41 Å². The van der Waals surface area contributed by atoms with Gasteiger partial charge < -0.3 is 0 Å². The Balaban J connectivity index is 2.95. The van der Waals surface area contributed by atoms with Crippen LogP contribution in [0.15, 0.2) is 35.4 Å². The summed E-state index contributed by atoms with van der Waals surface area (Å²) in [6.07, 6.45) is 5.30. The molecule has 0 heterocycles. The second-order valence-corrected chi connectivity index (χ2v) is 36.9. The van der Waals surface area contributed by atoms with Crippen LogP contribution in [0.1, 0.15) is 45.7 Å². The van der Waals surface area contributed by atoms with Crippen molar-refractivity contribution < 1.29 is 35.9 Å². The van der Waals surface area contributed by atoms with Crippen LogP contribution in [0.25, 0.3) is 0 Å². The van der Waals surface area contributed by atoms with Crippen molar-refractivity contribution in [1.82, 2.24) is 0 Å². The summed E-state index contributed by atoms with van der Waals surface area (Å²) in [4.78, 5) is 0. The molecule has 0 saturated carbocycles. The number of ether oxygens (including phenoxy) is 1. The van der Waals surface area contributed by atoms with E-state index in [1.807, 2.05) is 7.11 Å². The van der Waals surface area contributed by atoms with E-state index >= 15 is 0 Å². The van der Waals surface area contributed by atoms with Crippen LogP contribution in [0.2, 0.25) is 58.2 Å². The van der Waals surface area contributed by atoms with Crippen LogP contribution < -0.4 is 9.92 Å². The van der Waals surface area contributed by atoms with E-state index in [0.717, 1.165) is 0 Å². The maximum atomic E-state index is 6.32. The molecule has 34 heavy (non-hydrogen) atoms. The molecule has 1 aliphatic carbocycles. The molecule has 0 fully saturated rings. The van der Waals surface area contributed by atoms with Crippen molar-refractivity contribution in [2.75, 3.05) is 7.11 Å². The van der Waals surface area contributed by atoms with Gasteiger partial charge in [0, 0.05) is 0 Å². The molecule has 1 aromatic rings. The zero-order valence-corrected chi connectivity index (χ0v) is 29.5. The molecule has 2 rings (SSSR count). The van der Waals surface area contributed by atoms with Crippen molar-refractivity contribution in [3.8, 4) is 5.75 Å². The van der Waals surface area contributed by atoms with Crippen LogP contribution >= 0.6 is 0 Å². The summed E-state index contributed by atoms with van der Waals surface area (Å²) in [6, 6.07) is 4.87. The molecule has 0 aliphatic heterocycles. The minimum atomic E-state index is -2.05. The number of allylic oxidation sites excluding steroid dienone is 4. The Kier molecular flexibility index (Phi) is 9.25. The molecule has 0 amide bonds. The Hall–Kier alpha value is 0.384. The average molecular weight is 677 g/mol. The molecule has 1 atom stereocenters. The molecule has 202 valence electrons. The molecule has 0 radical (unpaired) electrons. The standard InChI is InChI=1S/C21H31OSi.2C4H11Si.Lu/c1-14-10-16(3)18(12-14)23(8,9)19-13-15(2)11-17(20(19)22-7)21(4,5)6;2*1-5(2,3)4;/h10-13H,1-9H3;2*1H2,2-4H3;. The van der Waals surface area contributed by atoms with E-state index in [0.29, 0.717) is 0 Å². The predicted octanol–water partition coefficient (Wildman–Crippen LogP) is 9.03. The summed E-state index contributed by atoms with van der Waals surface area (Å²) in [5, 5.41) is 1.54. The molecule has 0 spiro atoms. The van der Waals surface area contributed by atoms with Crippen LogP contribution in [-0.4, -0.2) is 31.3 Å². The van der Waals surface area contributed by atoms with Gasteiger partial charge in [-0.25, -0.2) is 0 Å². The molecular formula is C29H53LuOSi3. The van der Waals surface area contributed by atoms with Gasteiger partial charge in [-0.1, -0.05) is 0 Å². The first kappa shape index (κ1) is 30.6. The van der Waals surface area contributed by atoms with Gasteiger partial charge in [0.1, 0.15) is 0 Å².